The van der Waals surface area contributed by atoms with Crippen molar-refractivity contribution in [2.75, 3.05) is 33.0 Å². The quantitative estimate of drug-likeness (QED) is 0.112. The third-order valence-corrected chi connectivity index (χ3v) is 9.50. The van der Waals surface area contributed by atoms with Crippen LogP contribution in [0.4, 0.5) is 0 Å². The van der Waals surface area contributed by atoms with Gasteiger partial charge in [-0.2, -0.15) is 0 Å². The van der Waals surface area contributed by atoms with Gasteiger partial charge in [0.15, 0.2) is 0 Å². The molecule has 1 rings (SSSR count). The van der Waals surface area contributed by atoms with Crippen LogP contribution in [-0.2, 0) is 39.5 Å². The molecule has 10 heteroatoms. The van der Waals surface area contributed by atoms with Crippen LogP contribution in [0.3, 0.4) is 0 Å². The minimum atomic E-state index is -3.37. The molecular weight excluding hydrogens is 542 g/mol. The Morgan fingerprint density at radius 2 is 1.09 bits per heavy atom. The predicted octanol–water partition coefficient (Wildman–Crippen LogP) is 8.72. The maximum atomic E-state index is 13.3. The van der Waals surface area contributed by atoms with Crippen LogP contribution in [0.25, 0.3) is 0 Å². The van der Waals surface area contributed by atoms with Gasteiger partial charge >= 0.3 is 15.2 Å². The molecule has 0 amide bonds. The highest BCUT2D eigenvalue weighted by Gasteiger charge is 2.31. The lowest BCUT2D eigenvalue weighted by molar-refractivity contribution is 0.218. The largest absolute Gasteiger partial charge is 0.493 e. The van der Waals surface area contributed by atoms with Gasteiger partial charge < -0.3 is 22.8 Å². The second-order valence-corrected chi connectivity index (χ2v) is 12.9. The van der Waals surface area contributed by atoms with Crippen molar-refractivity contribution in [2.24, 2.45) is 0 Å². The van der Waals surface area contributed by atoms with E-state index >= 15 is 0 Å². The molecule has 0 heterocycles. The van der Waals surface area contributed by atoms with Crippen LogP contribution in [0.1, 0.15) is 84.3 Å². The summed E-state index contributed by atoms with van der Waals surface area (Å²) in [5.41, 5.74) is 1.36. The van der Waals surface area contributed by atoms with Gasteiger partial charge in [-0.1, -0.05) is 55.0 Å². The number of ether oxygens (including phenoxy) is 1. The molecule has 0 fully saturated rings. The minimum Gasteiger partial charge on any atom is -0.493 e. The van der Waals surface area contributed by atoms with Gasteiger partial charge in [-0.25, -0.2) is 0 Å². The number of hydrogen-bond acceptors (Lipinski definition) is 7. The Kier molecular flexibility index (Phi) is 16.2. The first-order valence-electron chi connectivity index (χ1n) is 12.5. The Labute approximate surface area is 214 Å². The summed E-state index contributed by atoms with van der Waals surface area (Å²) in [6.07, 6.45) is 6.95. The standard InChI is InChI=1S/C24H43BrO7P2/c1-6-11-12-13-14-15-16-28-24-21(19-33(26,29-7-2)30-8-3)17-23(25)18-22(24)20-34(27,31-9-4)32-10-5/h17-18H,6-16,19-20H2,1-5H3. The number of hydrogen-bond donors (Lipinski definition) is 0. The van der Waals surface area contributed by atoms with E-state index in [1.54, 1.807) is 27.7 Å². The SMILES string of the molecule is CCCCCCCCOc1c(CP(=O)(OCC)OCC)cc(Br)cc1CP(=O)(OCC)OCC. The predicted molar refractivity (Wildman–Crippen MR) is 142 cm³/mol. The van der Waals surface area contributed by atoms with Gasteiger partial charge in [0.1, 0.15) is 5.75 Å². The molecule has 0 saturated carbocycles. The summed E-state index contributed by atoms with van der Waals surface area (Å²) in [6, 6.07) is 3.72. The molecule has 0 N–H and O–H groups in total. The van der Waals surface area contributed by atoms with E-state index < -0.39 is 15.2 Å². The summed E-state index contributed by atoms with van der Waals surface area (Å²) in [7, 11) is -6.75. The Morgan fingerprint density at radius 3 is 1.50 bits per heavy atom. The summed E-state index contributed by atoms with van der Waals surface area (Å²) in [4.78, 5) is 0. The van der Waals surface area contributed by atoms with E-state index in [4.69, 9.17) is 22.8 Å². The molecule has 0 aliphatic rings. The highest BCUT2D eigenvalue weighted by atomic mass is 79.9. The fourth-order valence-corrected chi connectivity index (χ4v) is 7.59. The normalized spacial score (nSPS) is 12.3. The smallest absolute Gasteiger partial charge is 0.335 e. The molecule has 0 atom stereocenters. The van der Waals surface area contributed by atoms with Gasteiger partial charge in [0.2, 0.25) is 0 Å². The molecule has 1 aromatic carbocycles. The summed E-state index contributed by atoms with van der Waals surface area (Å²) in [5, 5.41) is 0. The lowest BCUT2D eigenvalue weighted by Gasteiger charge is -2.23. The first-order valence-corrected chi connectivity index (χ1v) is 16.7. The maximum Gasteiger partial charge on any atom is 0.335 e. The van der Waals surface area contributed by atoms with Gasteiger partial charge in [-0.15, -0.1) is 0 Å². The Bertz CT molecular complexity index is 731. The van der Waals surface area contributed by atoms with Crippen molar-refractivity contribution in [1.82, 2.24) is 0 Å². The number of halogens is 1. The lowest BCUT2D eigenvalue weighted by atomic mass is 10.1. The second kappa shape index (κ2) is 17.3. The van der Waals surface area contributed by atoms with Gasteiger partial charge in [0.05, 0.1) is 45.4 Å². The van der Waals surface area contributed by atoms with Gasteiger partial charge in [-0.05, 0) is 46.2 Å². The van der Waals surface area contributed by atoms with Crippen LogP contribution in [0.5, 0.6) is 5.75 Å². The zero-order valence-corrected chi connectivity index (χ0v) is 24.9. The summed E-state index contributed by atoms with van der Waals surface area (Å²) >= 11 is 3.54. The van der Waals surface area contributed by atoms with E-state index in [1.165, 1.54) is 25.7 Å². The van der Waals surface area contributed by atoms with E-state index in [9.17, 15) is 9.13 Å². The first-order chi connectivity index (χ1) is 16.3. The molecule has 0 saturated heterocycles. The third kappa shape index (κ3) is 11.7. The monoisotopic (exact) mass is 584 g/mol. The summed E-state index contributed by atoms with van der Waals surface area (Å²) in [6.45, 7) is 10.9. The second-order valence-electron chi connectivity index (χ2n) is 7.88. The average molecular weight is 585 g/mol. The fourth-order valence-electron chi connectivity index (χ4n) is 3.65. The van der Waals surface area contributed by atoms with Gasteiger partial charge in [0, 0.05) is 15.6 Å². The summed E-state index contributed by atoms with van der Waals surface area (Å²) in [5.74, 6) is 0.552. The molecule has 1 aromatic rings. The van der Waals surface area contributed by atoms with Crippen molar-refractivity contribution in [1.29, 1.82) is 0 Å². The van der Waals surface area contributed by atoms with Crippen LogP contribution in [0.2, 0.25) is 0 Å². The summed E-state index contributed by atoms with van der Waals surface area (Å²) < 4.78 is 55.7. The minimum absolute atomic E-state index is 0.0561. The molecule has 7 nitrogen and oxygen atoms in total. The number of benzene rings is 1. The lowest BCUT2D eigenvalue weighted by Crippen LogP contribution is -2.08. The Hall–Kier alpha value is -0.200. The highest BCUT2D eigenvalue weighted by molar-refractivity contribution is 9.10. The van der Waals surface area contributed by atoms with Crippen LogP contribution in [0.15, 0.2) is 16.6 Å². The van der Waals surface area contributed by atoms with Crippen molar-refractivity contribution >= 4 is 31.1 Å². The van der Waals surface area contributed by atoms with Crippen LogP contribution >= 0.6 is 31.1 Å². The zero-order valence-electron chi connectivity index (χ0n) is 21.5. The van der Waals surface area contributed by atoms with E-state index in [0.29, 0.717) is 23.5 Å². The van der Waals surface area contributed by atoms with Crippen molar-refractivity contribution < 1.29 is 32.0 Å². The van der Waals surface area contributed by atoms with Crippen molar-refractivity contribution in [3.63, 3.8) is 0 Å². The van der Waals surface area contributed by atoms with E-state index in [-0.39, 0.29) is 38.8 Å². The molecule has 198 valence electrons. The van der Waals surface area contributed by atoms with Crippen LogP contribution in [-0.4, -0.2) is 33.0 Å². The van der Waals surface area contributed by atoms with E-state index in [1.807, 2.05) is 12.1 Å². The van der Waals surface area contributed by atoms with Crippen LogP contribution in [0, 0.1) is 0 Å². The molecule has 0 aliphatic carbocycles. The topological polar surface area (TPSA) is 80.3 Å². The van der Waals surface area contributed by atoms with E-state index in [2.05, 4.69) is 22.9 Å². The molecule has 34 heavy (non-hydrogen) atoms. The first kappa shape index (κ1) is 31.8. The number of rotatable bonds is 20. The number of unbranched alkanes of at least 4 members (excludes halogenated alkanes) is 5. The van der Waals surface area contributed by atoms with Crippen LogP contribution < -0.4 is 4.74 Å². The molecule has 0 radical (unpaired) electrons. The van der Waals surface area contributed by atoms with Crippen molar-refractivity contribution in [3.05, 3.63) is 27.7 Å². The Balaban J connectivity index is 3.26. The third-order valence-electron chi connectivity index (χ3n) is 4.98. The van der Waals surface area contributed by atoms with E-state index in [0.717, 1.165) is 17.3 Å². The van der Waals surface area contributed by atoms with Gasteiger partial charge in [-0.3, -0.25) is 9.13 Å². The average Bonchev–Trinajstić information content (AvgIpc) is 2.75. The van der Waals surface area contributed by atoms with Crippen molar-refractivity contribution in [2.45, 2.75) is 85.5 Å². The molecular formula is C24H43BrO7P2. The highest BCUT2D eigenvalue weighted by Crippen LogP contribution is 2.56. The van der Waals surface area contributed by atoms with Gasteiger partial charge in [0.25, 0.3) is 0 Å². The fraction of sp³-hybridized carbons (Fsp3) is 0.750. The molecule has 0 aromatic heterocycles. The van der Waals surface area contributed by atoms with Crippen molar-refractivity contribution in [3.8, 4) is 5.75 Å². The molecule has 0 aliphatic heterocycles. The molecule has 0 spiro atoms. The Morgan fingerprint density at radius 1 is 0.676 bits per heavy atom. The molecule has 0 unspecified atom stereocenters. The maximum absolute atomic E-state index is 13.3. The zero-order chi connectivity index (χ0) is 25.5. The molecule has 0 bridgehead atoms.